The van der Waals surface area contributed by atoms with Gasteiger partial charge in [0.05, 0.1) is 0 Å². The van der Waals surface area contributed by atoms with Crippen LogP contribution in [-0.2, 0) is 0 Å². The van der Waals surface area contributed by atoms with Crippen molar-refractivity contribution in [2.45, 2.75) is 45.4 Å². The number of halogens is 4. The number of alkyl halides is 1. The second-order valence-corrected chi connectivity index (χ2v) is 6.77. The van der Waals surface area contributed by atoms with E-state index in [-0.39, 0.29) is 6.99 Å². The van der Waals surface area contributed by atoms with E-state index < -0.39 is 24.3 Å². The van der Waals surface area contributed by atoms with Crippen molar-refractivity contribution in [1.82, 2.24) is 0 Å². The van der Waals surface area contributed by atoms with Crippen LogP contribution in [0.15, 0.2) is 36.4 Å². The fourth-order valence-electron chi connectivity index (χ4n) is 3.12. The minimum Gasteiger partial charge on any atom is -0.463 e. The van der Waals surface area contributed by atoms with Gasteiger partial charge >= 0.3 is 0 Å². The first-order valence-electron chi connectivity index (χ1n) is 8.81. The summed E-state index contributed by atoms with van der Waals surface area (Å²) in [7, 11) is 0. The van der Waals surface area contributed by atoms with Crippen molar-refractivity contribution in [2.75, 3.05) is 6.86 Å². The van der Waals surface area contributed by atoms with E-state index >= 15 is 0 Å². The van der Waals surface area contributed by atoms with Gasteiger partial charge in [-0.15, -0.1) is 0 Å². The molecule has 0 aliphatic heterocycles. The van der Waals surface area contributed by atoms with Crippen molar-refractivity contribution in [3.63, 3.8) is 0 Å². The highest BCUT2D eigenvalue weighted by atomic mass is 19.2. The minimum atomic E-state index is -1.40. The topological polar surface area (TPSA) is 9.23 Å². The molecular formula is C21H26F4O. The fraction of sp³-hybridized carbons (Fsp3) is 0.429. The molecule has 0 amide bonds. The molecule has 0 radical (unpaired) electrons. The lowest BCUT2D eigenvalue weighted by atomic mass is 9.79. The molecule has 0 aromatic heterocycles. The Balaban J connectivity index is 0.000000288. The van der Waals surface area contributed by atoms with E-state index in [1.807, 2.05) is 12.1 Å². The summed E-state index contributed by atoms with van der Waals surface area (Å²) in [5.41, 5.74) is 1.48. The molecule has 3 rings (SSSR count). The molecule has 26 heavy (non-hydrogen) atoms. The van der Waals surface area contributed by atoms with Gasteiger partial charge in [-0.05, 0) is 60.9 Å². The molecule has 0 bridgehead atoms. The maximum Gasteiger partial charge on any atom is 0.228 e. The lowest BCUT2D eigenvalue weighted by molar-refractivity contribution is 0.191. The van der Waals surface area contributed by atoms with Gasteiger partial charge in [-0.3, -0.25) is 0 Å². The van der Waals surface area contributed by atoms with Crippen molar-refractivity contribution in [1.29, 1.82) is 0 Å². The van der Waals surface area contributed by atoms with Crippen LogP contribution in [0.3, 0.4) is 0 Å². The highest BCUT2D eigenvalue weighted by molar-refractivity contribution is 5.29. The van der Waals surface area contributed by atoms with Crippen LogP contribution < -0.4 is 4.74 Å². The number of aryl methyl sites for hydroxylation is 1. The van der Waals surface area contributed by atoms with Gasteiger partial charge in [-0.1, -0.05) is 38.0 Å². The maximum atomic E-state index is 12.4. The zero-order chi connectivity index (χ0) is 19.1. The summed E-state index contributed by atoms with van der Waals surface area (Å²) in [6.07, 6.45) is 5.22. The van der Waals surface area contributed by atoms with Gasteiger partial charge in [-0.2, -0.15) is 0 Å². The predicted octanol–water partition coefficient (Wildman–Crippen LogP) is 6.94. The first-order chi connectivity index (χ1) is 12.4. The average molecular weight is 370 g/mol. The number of benzene rings is 2. The average Bonchev–Trinajstić information content (AvgIpc) is 2.65. The first kappa shape index (κ1) is 20.3. The van der Waals surface area contributed by atoms with Gasteiger partial charge in [0, 0.05) is 1.43 Å². The summed E-state index contributed by atoms with van der Waals surface area (Å²) < 4.78 is 53.5. The second-order valence-electron chi connectivity index (χ2n) is 6.77. The standard InChI is InChI=1S/C14H19FO.C7H5F3.H2/c1-11-2-4-12(5-3-11)13-6-8-14(9-7-13)16-10-15;1-4-2-3-5(8)7(10)6(4)9;/h6-9,11-12H,2-5,10H2,1H3;2-3H,1H3;1H. The molecule has 0 spiro atoms. The molecule has 0 N–H and O–H groups in total. The molecule has 1 aliphatic rings. The van der Waals surface area contributed by atoms with Crippen LogP contribution in [0.4, 0.5) is 17.6 Å². The second kappa shape index (κ2) is 9.60. The molecule has 0 atom stereocenters. The molecule has 0 saturated heterocycles. The monoisotopic (exact) mass is 370 g/mol. The Labute approximate surface area is 153 Å². The summed E-state index contributed by atoms with van der Waals surface area (Å²) in [5.74, 6) is -1.47. The molecule has 5 heteroatoms. The highest BCUT2D eigenvalue weighted by Gasteiger charge is 2.19. The highest BCUT2D eigenvalue weighted by Crippen LogP contribution is 2.35. The Morgan fingerprint density at radius 1 is 0.923 bits per heavy atom. The number of hydrogen-bond acceptors (Lipinski definition) is 1. The first-order valence-corrected chi connectivity index (χ1v) is 8.81. The lowest BCUT2D eigenvalue weighted by Gasteiger charge is -2.26. The van der Waals surface area contributed by atoms with E-state index in [9.17, 15) is 17.6 Å². The Bertz CT molecular complexity index is 671. The Kier molecular flexibility index (Phi) is 7.49. The van der Waals surface area contributed by atoms with Gasteiger partial charge in [0.15, 0.2) is 17.5 Å². The zero-order valence-corrected chi connectivity index (χ0v) is 15.1. The summed E-state index contributed by atoms with van der Waals surface area (Å²) in [4.78, 5) is 0. The van der Waals surface area contributed by atoms with Crippen LogP contribution in [0.1, 0.15) is 51.1 Å². The van der Waals surface area contributed by atoms with Gasteiger partial charge in [-0.25, -0.2) is 17.6 Å². The molecule has 144 valence electrons. The molecule has 1 nitrogen and oxygen atoms in total. The lowest BCUT2D eigenvalue weighted by Crippen LogP contribution is -2.10. The zero-order valence-electron chi connectivity index (χ0n) is 15.1. The Morgan fingerprint density at radius 3 is 2.08 bits per heavy atom. The van der Waals surface area contributed by atoms with E-state index in [1.54, 1.807) is 0 Å². The quantitative estimate of drug-likeness (QED) is 0.420. The third kappa shape index (κ3) is 5.48. The molecule has 1 fully saturated rings. The molecule has 0 heterocycles. The molecule has 1 saturated carbocycles. The van der Waals surface area contributed by atoms with Gasteiger partial charge < -0.3 is 4.74 Å². The number of ether oxygens (including phenoxy) is 1. The fourth-order valence-corrected chi connectivity index (χ4v) is 3.12. The Morgan fingerprint density at radius 2 is 1.54 bits per heavy atom. The van der Waals surface area contributed by atoms with Crippen LogP contribution in [0.5, 0.6) is 5.75 Å². The third-order valence-corrected chi connectivity index (χ3v) is 4.82. The molecule has 0 unspecified atom stereocenters. The van der Waals surface area contributed by atoms with Crippen molar-refractivity contribution in [3.05, 3.63) is 65.0 Å². The van der Waals surface area contributed by atoms with E-state index in [0.29, 0.717) is 11.7 Å². The SMILES string of the molecule is CC1CCC(c2ccc(OCF)cc2)CC1.Cc1ccc(F)c(F)c1F.[HH]. The Hall–Kier alpha value is -2.04. The van der Waals surface area contributed by atoms with Crippen LogP contribution in [0.2, 0.25) is 0 Å². The van der Waals surface area contributed by atoms with Gasteiger partial charge in [0.2, 0.25) is 6.86 Å². The van der Waals surface area contributed by atoms with Gasteiger partial charge in [0.25, 0.3) is 0 Å². The van der Waals surface area contributed by atoms with E-state index in [1.165, 1.54) is 44.2 Å². The van der Waals surface area contributed by atoms with Crippen molar-refractivity contribution < 1.29 is 23.7 Å². The van der Waals surface area contributed by atoms with Crippen molar-refractivity contribution in [3.8, 4) is 5.75 Å². The smallest absolute Gasteiger partial charge is 0.228 e. The van der Waals surface area contributed by atoms with Crippen LogP contribution >= 0.6 is 0 Å². The largest absolute Gasteiger partial charge is 0.463 e. The van der Waals surface area contributed by atoms with Gasteiger partial charge in [0.1, 0.15) is 5.75 Å². The summed E-state index contributed by atoms with van der Waals surface area (Å²) in [5, 5.41) is 0. The molecule has 2 aromatic rings. The van der Waals surface area contributed by atoms with Crippen molar-refractivity contribution >= 4 is 0 Å². The van der Waals surface area contributed by atoms with Crippen LogP contribution in [-0.4, -0.2) is 6.86 Å². The maximum absolute atomic E-state index is 12.4. The molecule has 2 aromatic carbocycles. The van der Waals surface area contributed by atoms with E-state index in [4.69, 9.17) is 4.74 Å². The van der Waals surface area contributed by atoms with Crippen LogP contribution in [0.25, 0.3) is 0 Å². The number of rotatable bonds is 3. The normalized spacial score (nSPS) is 19.5. The summed E-state index contributed by atoms with van der Waals surface area (Å²) in [6.45, 7) is 2.95. The predicted molar refractivity (Wildman–Crippen MR) is 96.6 cm³/mol. The summed E-state index contributed by atoms with van der Waals surface area (Å²) in [6, 6.07) is 9.97. The van der Waals surface area contributed by atoms with Crippen LogP contribution in [0, 0.1) is 30.3 Å². The summed E-state index contributed by atoms with van der Waals surface area (Å²) >= 11 is 0. The third-order valence-electron chi connectivity index (χ3n) is 4.82. The van der Waals surface area contributed by atoms with Crippen molar-refractivity contribution in [2.24, 2.45) is 5.92 Å². The minimum absolute atomic E-state index is 0. The molecule has 1 aliphatic carbocycles. The number of hydrogen-bond donors (Lipinski definition) is 0. The van der Waals surface area contributed by atoms with E-state index in [0.717, 1.165) is 12.0 Å². The molecular weight excluding hydrogens is 344 g/mol. The van der Waals surface area contributed by atoms with E-state index in [2.05, 4.69) is 19.1 Å².